The van der Waals surface area contributed by atoms with Gasteiger partial charge in [-0.3, -0.25) is 4.79 Å². The van der Waals surface area contributed by atoms with Gasteiger partial charge >= 0.3 is 0 Å². The number of pyridine rings is 1. The summed E-state index contributed by atoms with van der Waals surface area (Å²) < 4.78 is 42.9. The molecule has 4 nitrogen and oxygen atoms in total. The number of nitrogens with zero attached hydrogens (tertiary/aromatic N) is 2. The molecule has 7 heteroatoms. The van der Waals surface area contributed by atoms with Crippen LogP contribution in [0.15, 0.2) is 48.5 Å². The standard InChI is InChI=1S/C18H17F2N3O.C9H9F/c1-9(2)17-11(18(21)24)7-8-14-15(10(3)22-23(14)17)16-12(19)5-4-6-13(16)20;10-9-6-2-4-7-3-1-5-8(7)9/h4-9H,1-3H3,(H2,21,24);2,4,6H,1,3,5H2. The zero-order chi connectivity index (χ0) is 24.6. The van der Waals surface area contributed by atoms with Crippen LogP contribution < -0.4 is 5.73 Å². The van der Waals surface area contributed by atoms with Gasteiger partial charge in [0.2, 0.25) is 0 Å². The predicted molar refractivity (Wildman–Crippen MR) is 126 cm³/mol. The van der Waals surface area contributed by atoms with Crippen LogP contribution in [0.2, 0.25) is 0 Å². The molecule has 2 heterocycles. The summed E-state index contributed by atoms with van der Waals surface area (Å²) in [6.45, 7) is 5.49. The van der Waals surface area contributed by atoms with Gasteiger partial charge in [0.05, 0.1) is 28.0 Å². The van der Waals surface area contributed by atoms with E-state index in [2.05, 4.69) is 5.10 Å². The molecule has 0 unspecified atom stereocenters. The maximum absolute atomic E-state index is 14.2. The van der Waals surface area contributed by atoms with Gasteiger partial charge in [-0.1, -0.05) is 32.0 Å². The van der Waals surface area contributed by atoms with Crippen LogP contribution in [-0.4, -0.2) is 15.5 Å². The third kappa shape index (κ3) is 4.18. The Morgan fingerprint density at radius 1 is 0.941 bits per heavy atom. The van der Waals surface area contributed by atoms with Crippen LogP contribution in [0.25, 0.3) is 16.6 Å². The minimum atomic E-state index is -0.655. The van der Waals surface area contributed by atoms with Crippen molar-refractivity contribution >= 4 is 11.4 Å². The fraction of sp³-hybridized carbons (Fsp3) is 0.259. The summed E-state index contributed by atoms with van der Waals surface area (Å²) in [5.74, 6) is -1.94. The number of amides is 1. The van der Waals surface area contributed by atoms with Crippen molar-refractivity contribution in [3.63, 3.8) is 0 Å². The van der Waals surface area contributed by atoms with Gasteiger partial charge in [-0.05, 0) is 73.6 Å². The number of hydrogen-bond donors (Lipinski definition) is 1. The first-order valence-electron chi connectivity index (χ1n) is 11.2. The van der Waals surface area contributed by atoms with Crippen molar-refractivity contribution in [2.24, 2.45) is 5.73 Å². The van der Waals surface area contributed by atoms with Gasteiger partial charge in [-0.2, -0.15) is 5.10 Å². The predicted octanol–water partition coefficient (Wildman–Crippen LogP) is 6.12. The molecule has 0 bridgehead atoms. The van der Waals surface area contributed by atoms with Gasteiger partial charge in [0.15, 0.2) is 0 Å². The Labute approximate surface area is 196 Å². The van der Waals surface area contributed by atoms with Crippen LogP contribution >= 0.6 is 0 Å². The number of carbonyl (C=O) groups excluding carboxylic acids is 1. The molecule has 1 aliphatic carbocycles. The van der Waals surface area contributed by atoms with Crippen molar-refractivity contribution < 1.29 is 18.0 Å². The maximum Gasteiger partial charge on any atom is 0.250 e. The number of hydrogen-bond acceptors (Lipinski definition) is 2. The smallest absolute Gasteiger partial charge is 0.250 e. The van der Waals surface area contributed by atoms with Crippen LogP contribution in [0.4, 0.5) is 13.2 Å². The summed E-state index contributed by atoms with van der Waals surface area (Å²) in [5, 5.41) is 4.41. The third-order valence-corrected chi connectivity index (χ3v) is 6.12. The first-order valence-corrected chi connectivity index (χ1v) is 11.2. The van der Waals surface area contributed by atoms with Gasteiger partial charge in [-0.25, -0.2) is 17.7 Å². The lowest BCUT2D eigenvalue weighted by atomic mass is 10.00. The molecule has 4 aromatic rings. The number of primary amides is 1. The zero-order valence-electron chi connectivity index (χ0n) is 19.3. The summed E-state index contributed by atoms with van der Waals surface area (Å²) in [6, 6.07) is 12.3. The van der Waals surface area contributed by atoms with Gasteiger partial charge in [-0.15, -0.1) is 0 Å². The molecule has 2 N–H and O–H groups in total. The quantitative estimate of drug-likeness (QED) is 0.396. The Kier molecular flexibility index (Phi) is 6.46. The highest BCUT2D eigenvalue weighted by molar-refractivity contribution is 5.95. The average molecular weight is 466 g/mol. The summed E-state index contributed by atoms with van der Waals surface area (Å²) in [4.78, 5) is 11.7. The van der Waals surface area contributed by atoms with E-state index in [-0.39, 0.29) is 17.3 Å². The molecule has 1 amide bonds. The van der Waals surface area contributed by atoms with Crippen LogP contribution in [0.1, 0.15) is 59.1 Å². The van der Waals surface area contributed by atoms with Crippen LogP contribution in [0.3, 0.4) is 0 Å². The van der Waals surface area contributed by atoms with Crippen molar-refractivity contribution in [2.75, 3.05) is 0 Å². The minimum absolute atomic E-state index is 0.0185. The fourth-order valence-corrected chi connectivity index (χ4v) is 4.63. The van der Waals surface area contributed by atoms with E-state index in [0.717, 1.165) is 24.8 Å². The molecular formula is C27H26F3N3O. The molecule has 0 radical (unpaired) electrons. The van der Waals surface area contributed by atoms with Gasteiger partial charge < -0.3 is 5.73 Å². The van der Waals surface area contributed by atoms with Crippen LogP contribution in [-0.2, 0) is 12.8 Å². The first-order chi connectivity index (χ1) is 16.2. The Bertz CT molecular complexity index is 1370. The van der Waals surface area contributed by atoms with E-state index in [4.69, 9.17) is 5.73 Å². The summed E-state index contributed by atoms with van der Waals surface area (Å²) in [7, 11) is 0. The van der Waals surface area contributed by atoms with Gasteiger partial charge in [0.25, 0.3) is 5.91 Å². The highest BCUT2D eigenvalue weighted by Crippen LogP contribution is 2.34. The molecule has 0 saturated carbocycles. The highest BCUT2D eigenvalue weighted by atomic mass is 19.1. The molecule has 2 aromatic heterocycles. The molecule has 0 spiro atoms. The van der Waals surface area contributed by atoms with E-state index < -0.39 is 17.5 Å². The lowest BCUT2D eigenvalue weighted by molar-refractivity contribution is 0.0998. The summed E-state index contributed by atoms with van der Waals surface area (Å²) in [5.41, 5.74) is 9.83. The average Bonchev–Trinajstić information content (AvgIpc) is 3.38. The first kappa shape index (κ1) is 23.5. The Hall–Kier alpha value is -3.61. The molecule has 5 rings (SSSR count). The van der Waals surface area contributed by atoms with Crippen molar-refractivity contribution in [1.29, 1.82) is 0 Å². The van der Waals surface area contributed by atoms with Crippen molar-refractivity contribution in [3.05, 3.63) is 94.1 Å². The van der Waals surface area contributed by atoms with E-state index in [0.29, 0.717) is 28.0 Å². The number of carbonyl (C=O) groups is 1. The van der Waals surface area contributed by atoms with Crippen molar-refractivity contribution in [3.8, 4) is 11.1 Å². The normalized spacial score (nSPS) is 12.6. The number of halogens is 3. The van der Waals surface area contributed by atoms with Crippen molar-refractivity contribution in [1.82, 2.24) is 9.61 Å². The van der Waals surface area contributed by atoms with Gasteiger partial charge in [0, 0.05) is 5.56 Å². The van der Waals surface area contributed by atoms with Crippen LogP contribution in [0.5, 0.6) is 0 Å². The molecule has 0 aliphatic heterocycles. The third-order valence-electron chi connectivity index (χ3n) is 6.12. The van der Waals surface area contributed by atoms with Crippen molar-refractivity contribution in [2.45, 2.75) is 46.0 Å². The lowest BCUT2D eigenvalue weighted by Crippen LogP contribution is -2.17. The fourth-order valence-electron chi connectivity index (χ4n) is 4.63. The second-order valence-corrected chi connectivity index (χ2v) is 8.74. The number of rotatable bonds is 3. The summed E-state index contributed by atoms with van der Waals surface area (Å²) in [6.07, 6.45) is 3.12. The molecule has 0 atom stereocenters. The minimum Gasteiger partial charge on any atom is -0.366 e. The molecule has 176 valence electrons. The largest absolute Gasteiger partial charge is 0.366 e. The van der Waals surface area contributed by atoms with E-state index in [1.54, 1.807) is 35.7 Å². The van der Waals surface area contributed by atoms with Gasteiger partial charge in [0.1, 0.15) is 17.5 Å². The lowest BCUT2D eigenvalue weighted by Gasteiger charge is -2.13. The van der Waals surface area contributed by atoms with E-state index in [1.807, 2.05) is 19.9 Å². The maximum atomic E-state index is 14.2. The molecular weight excluding hydrogens is 439 g/mol. The van der Waals surface area contributed by atoms with E-state index in [1.165, 1.54) is 23.8 Å². The summed E-state index contributed by atoms with van der Waals surface area (Å²) >= 11 is 0. The van der Waals surface area contributed by atoms with E-state index >= 15 is 0 Å². The second-order valence-electron chi connectivity index (χ2n) is 8.74. The second kappa shape index (κ2) is 9.33. The van der Waals surface area contributed by atoms with E-state index in [9.17, 15) is 18.0 Å². The zero-order valence-corrected chi connectivity index (χ0v) is 19.3. The number of aryl methyl sites for hydroxylation is 2. The topological polar surface area (TPSA) is 60.4 Å². The Morgan fingerprint density at radius 2 is 1.59 bits per heavy atom. The Morgan fingerprint density at radius 3 is 2.21 bits per heavy atom. The number of fused-ring (bicyclic) bond motifs is 2. The molecule has 1 aliphatic rings. The van der Waals surface area contributed by atoms with Crippen LogP contribution in [0, 0.1) is 24.4 Å². The molecule has 34 heavy (non-hydrogen) atoms. The molecule has 2 aromatic carbocycles. The molecule has 0 saturated heterocycles. The number of aromatic nitrogens is 2. The number of benzene rings is 2. The monoisotopic (exact) mass is 465 g/mol. The molecule has 0 fully saturated rings. The number of nitrogens with two attached hydrogens (primary N) is 1. The highest BCUT2D eigenvalue weighted by Gasteiger charge is 2.23. The Balaban J connectivity index is 0.000000226. The SMILES string of the molecule is Cc1nn2c(C(C)C)c(C(N)=O)ccc2c1-c1c(F)cccc1F.Fc1cccc2c1CCC2.